The largest absolute Gasteiger partial charge is 0.351 e. The van der Waals surface area contributed by atoms with Gasteiger partial charge in [-0.1, -0.05) is 19.1 Å². The van der Waals surface area contributed by atoms with E-state index in [0.29, 0.717) is 6.04 Å². The van der Waals surface area contributed by atoms with E-state index in [1.54, 1.807) is 0 Å². The minimum absolute atomic E-state index is 0.596. The van der Waals surface area contributed by atoms with Gasteiger partial charge in [-0.15, -0.1) is 22.0 Å². The van der Waals surface area contributed by atoms with E-state index in [4.69, 9.17) is 0 Å². The van der Waals surface area contributed by atoms with Gasteiger partial charge in [-0.25, -0.2) is 0 Å². The molecule has 0 spiro atoms. The molecule has 2 aliphatic rings. The van der Waals surface area contributed by atoms with E-state index < -0.39 is 0 Å². The second-order valence-electron chi connectivity index (χ2n) is 7.23. The number of likely N-dealkylation sites (tertiary alicyclic amines) is 1. The van der Waals surface area contributed by atoms with Gasteiger partial charge in [-0.2, -0.15) is 0 Å². The smallest absolute Gasteiger partial charge is 0.151 e. The molecule has 26 heavy (non-hydrogen) atoms. The SMILES string of the molecule is CCSc1ccc(-c2ccc(N3CCC[C@H]3CN3CCCC3)nn2)cc1. The first-order valence-corrected chi connectivity index (χ1v) is 10.9. The molecule has 0 aliphatic carbocycles. The lowest BCUT2D eigenvalue weighted by molar-refractivity contribution is 0.313. The fourth-order valence-electron chi connectivity index (χ4n) is 4.11. The van der Waals surface area contributed by atoms with Crippen LogP contribution in [0.1, 0.15) is 32.6 Å². The quantitative estimate of drug-likeness (QED) is 0.709. The summed E-state index contributed by atoms with van der Waals surface area (Å²) in [4.78, 5) is 6.39. The molecule has 0 unspecified atom stereocenters. The Morgan fingerprint density at radius 3 is 2.46 bits per heavy atom. The van der Waals surface area contributed by atoms with Crippen molar-refractivity contribution >= 4 is 17.6 Å². The molecule has 3 heterocycles. The van der Waals surface area contributed by atoms with Gasteiger partial charge in [0.2, 0.25) is 0 Å². The molecule has 0 radical (unpaired) electrons. The fraction of sp³-hybridized carbons (Fsp3) is 0.524. The molecule has 2 aliphatic heterocycles. The number of benzene rings is 1. The van der Waals surface area contributed by atoms with E-state index in [9.17, 15) is 0 Å². The molecule has 2 fully saturated rings. The van der Waals surface area contributed by atoms with Crippen LogP contribution in [0.3, 0.4) is 0 Å². The van der Waals surface area contributed by atoms with E-state index in [0.717, 1.165) is 29.4 Å². The van der Waals surface area contributed by atoms with Crippen molar-refractivity contribution in [1.82, 2.24) is 15.1 Å². The Kier molecular flexibility index (Phi) is 5.75. The summed E-state index contributed by atoms with van der Waals surface area (Å²) in [5.41, 5.74) is 2.09. The zero-order chi connectivity index (χ0) is 17.8. The van der Waals surface area contributed by atoms with Gasteiger partial charge in [-0.05, 0) is 68.8 Å². The molecule has 2 saturated heterocycles. The van der Waals surface area contributed by atoms with Crippen LogP contribution >= 0.6 is 11.8 Å². The summed E-state index contributed by atoms with van der Waals surface area (Å²) in [5.74, 6) is 2.14. The van der Waals surface area contributed by atoms with Gasteiger partial charge in [0.1, 0.15) is 0 Å². The van der Waals surface area contributed by atoms with Gasteiger partial charge < -0.3 is 9.80 Å². The van der Waals surface area contributed by atoms with Crippen LogP contribution in [0.4, 0.5) is 5.82 Å². The van der Waals surface area contributed by atoms with Crippen molar-refractivity contribution < 1.29 is 0 Å². The van der Waals surface area contributed by atoms with E-state index >= 15 is 0 Å². The van der Waals surface area contributed by atoms with Gasteiger partial charge in [-0.3, -0.25) is 0 Å². The minimum atomic E-state index is 0.596. The van der Waals surface area contributed by atoms with Crippen LogP contribution in [0, 0.1) is 0 Å². The number of hydrogen-bond donors (Lipinski definition) is 0. The number of anilines is 1. The normalized spacial score (nSPS) is 20.8. The predicted molar refractivity (Wildman–Crippen MR) is 110 cm³/mol. The van der Waals surface area contributed by atoms with Crippen LogP contribution in [0.5, 0.6) is 0 Å². The lowest BCUT2D eigenvalue weighted by Crippen LogP contribution is -2.39. The Balaban J connectivity index is 1.44. The van der Waals surface area contributed by atoms with E-state index in [1.165, 1.54) is 50.2 Å². The third kappa shape index (κ3) is 4.04. The lowest BCUT2D eigenvalue weighted by Gasteiger charge is -2.29. The summed E-state index contributed by atoms with van der Waals surface area (Å²) in [6.45, 7) is 7.00. The second-order valence-corrected chi connectivity index (χ2v) is 8.57. The number of aromatic nitrogens is 2. The summed E-state index contributed by atoms with van der Waals surface area (Å²) >= 11 is 1.86. The van der Waals surface area contributed by atoms with Crippen molar-refractivity contribution in [3.8, 4) is 11.3 Å². The molecule has 1 aromatic heterocycles. The Morgan fingerprint density at radius 1 is 0.962 bits per heavy atom. The summed E-state index contributed by atoms with van der Waals surface area (Å²) in [5, 5.41) is 9.10. The molecule has 4 nitrogen and oxygen atoms in total. The molecule has 4 rings (SSSR count). The zero-order valence-electron chi connectivity index (χ0n) is 15.6. The lowest BCUT2D eigenvalue weighted by atomic mass is 10.1. The monoisotopic (exact) mass is 368 g/mol. The zero-order valence-corrected chi connectivity index (χ0v) is 16.4. The highest BCUT2D eigenvalue weighted by molar-refractivity contribution is 7.99. The second kappa shape index (κ2) is 8.40. The van der Waals surface area contributed by atoms with Gasteiger partial charge in [0, 0.05) is 29.6 Å². The Bertz CT molecular complexity index is 695. The van der Waals surface area contributed by atoms with Crippen molar-refractivity contribution in [2.45, 2.75) is 43.5 Å². The van der Waals surface area contributed by atoms with Crippen LogP contribution in [0.25, 0.3) is 11.3 Å². The van der Waals surface area contributed by atoms with Gasteiger partial charge in [0.25, 0.3) is 0 Å². The standard InChI is InChI=1S/C21H28N4S/c1-2-26-19-9-7-17(8-10-19)20-11-12-21(23-22-20)25-15-5-6-18(25)16-24-13-3-4-14-24/h7-12,18H,2-6,13-16H2,1H3/t18-/m0/s1. The molecular formula is C21H28N4S. The first-order chi connectivity index (χ1) is 12.8. The maximum absolute atomic E-state index is 4.57. The Labute approximate surface area is 161 Å². The summed E-state index contributed by atoms with van der Waals surface area (Å²) in [7, 11) is 0. The van der Waals surface area contributed by atoms with Crippen molar-refractivity contribution in [3.63, 3.8) is 0 Å². The Morgan fingerprint density at radius 2 is 1.77 bits per heavy atom. The molecule has 138 valence electrons. The van der Waals surface area contributed by atoms with Crippen LogP contribution < -0.4 is 4.90 Å². The van der Waals surface area contributed by atoms with Crippen LogP contribution in [-0.2, 0) is 0 Å². The molecule has 5 heteroatoms. The number of nitrogens with zero attached hydrogens (tertiary/aromatic N) is 4. The molecule has 0 saturated carbocycles. The van der Waals surface area contributed by atoms with Crippen molar-refractivity contribution in [2.24, 2.45) is 0 Å². The molecule has 1 aromatic carbocycles. The van der Waals surface area contributed by atoms with Crippen LogP contribution in [-0.4, -0.2) is 53.1 Å². The molecule has 0 amide bonds. The van der Waals surface area contributed by atoms with Gasteiger partial charge in [0.15, 0.2) is 5.82 Å². The predicted octanol–water partition coefficient (Wildman–Crippen LogP) is 4.32. The highest BCUT2D eigenvalue weighted by Crippen LogP contribution is 2.27. The minimum Gasteiger partial charge on any atom is -0.351 e. The molecule has 0 bridgehead atoms. The van der Waals surface area contributed by atoms with Crippen molar-refractivity contribution in [3.05, 3.63) is 36.4 Å². The van der Waals surface area contributed by atoms with E-state index in [2.05, 4.69) is 63.3 Å². The number of thioether (sulfide) groups is 1. The number of rotatable bonds is 6. The van der Waals surface area contributed by atoms with Crippen LogP contribution in [0.15, 0.2) is 41.3 Å². The molecule has 2 aromatic rings. The topological polar surface area (TPSA) is 32.3 Å². The maximum Gasteiger partial charge on any atom is 0.151 e. The first-order valence-electron chi connectivity index (χ1n) is 9.89. The third-order valence-corrected chi connectivity index (χ3v) is 6.34. The highest BCUT2D eigenvalue weighted by atomic mass is 32.2. The Hall–Kier alpha value is -1.59. The number of hydrogen-bond acceptors (Lipinski definition) is 5. The average molecular weight is 369 g/mol. The summed E-state index contributed by atoms with van der Waals surface area (Å²) < 4.78 is 0. The van der Waals surface area contributed by atoms with E-state index in [-0.39, 0.29) is 0 Å². The van der Waals surface area contributed by atoms with Gasteiger partial charge >= 0.3 is 0 Å². The fourth-order valence-corrected chi connectivity index (χ4v) is 4.77. The molecule has 1 atom stereocenters. The molecular weight excluding hydrogens is 340 g/mol. The maximum atomic E-state index is 4.57. The van der Waals surface area contributed by atoms with Crippen molar-refractivity contribution in [2.75, 3.05) is 36.8 Å². The average Bonchev–Trinajstić information content (AvgIpc) is 3.35. The highest BCUT2D eigenvalue weighted by Gasteiger charge is 2.28. The van der Waals surface area contributed by atoms with Gasteiger partial charge in [0.05, 0.1) is 5.69 Å². The first kappa shape index (κ1) is 17.8. The van der Waals surface area contributed by atoms with Crippen molar-refractivity contribution in [1.29, 1.82) is 0 Å². The summed E-state index contributed by atoms with van der Waals surface area (Å²) in [6.07, 6.45) is 5.25. The summed E-state index contributed by atoms with van der Waals surface area (Å²) in [6, 6.07) is 13.5. The van der Waals surface area contributed by atoms with E-state index in [1.807, 2.05) is 11.8 Å². The van der Waals surface area contributed by atoms with Crippen LogP contribution in [0.2, 0.25) is 0 Å². The third-order valence-electron chi connectivity index (χ3n) is 5.45. The molecule has 0 N–H and O–H groups in total.